The fourth-order valence-corrected chi connectivity index (χ4v) is 4.80. The number of nitrogens with zero attached hydrogens (tertiary/aromatic N) is 1. The lowest BCUT2D eigenvalue weighted by molar-refractivity contribution is -0.112. The average Bonchev–Trinajstić information content (AvgIpc) is 3.21. The molecule has 0 aliphatic heterocycles. The number of hydrogen-bond donors (Lipinski definition) is 4. The number of para-hydroxylation sites is 2. The number of aromatic carboxylic acids is 1. The Labute approximate surface area is 332 Å². The molecule has 0 atom stereocenters. The third-order valence-corrected chi connectivity index (χ3v) is 7.54. The first kappa shape index (κ1) is 43.9. The van der Waals surface area contributed by atoms with E-state index in [1.54, 1.807) is 84.9 Å². The zero-order chi connectivity index (χ0) is 41.6. The van der Waals surface area contributed by atoms with Crippen molar-refractivity contribution < 1.29 is 43.2 Å². The van der Waals surface area contributed by atoms with Gasteiger partial charge in [0.25, 0.3) is 5.91 Å². The van der Waals surface area contributed by atoms with Gasteiger partial charge in [0, 0.05) is 25.2 Å². The fraction of sp³-hybridized carbons (Fsp3) is 0.182. The van der Waals surface area contributed by atoms with Gasteiger partial charge in [-0.3, -0.25) is 14.4 Å². The van der Waals surface area contributed by atoms with Gasteiger partial charge in [-0.25, -0.2) is 4.79 Å². The van der Waals surface area contributed by atoms with E-state index in [-0.39, 0.29) is 36.3 Å². The molecule has 0 radical (unpaired) electrons. The van der Waals surface area contributed by atoms with Crippen molar-refractivity contribution >= 4 is 47.2 Å². The van der Waals surface area contributed by atoms with Gasteiger partial charge < -0.3 is 44.9 Å². The molecule has 0 aliphatic carbocycles. The molecule has 4 N–H and O–H groups in total. The molecular weight excluding hydrogens is 729 g/mol. The number of methoxy groups -OCH3 is 2. The molecule has 0 saturated heterocycles. The van der Waals surface area contributed by atoms with Crippen molar-refractivity contribution in [3.05, 3.63) is 119 Å². The van der Waals surface area contributed by atoms with Crippen molar-refractivity contribution in [1.82, 2.24) is 10.2 Å². The maximum absolute atomic E-state index is 12.4. The maximum atomic E-state index is 12.4. The van der Waals surface area contributed by atoms with Crippen LogP contribution in [0.3, 0.4) is 0 Å². The summed E-state index contributed by atoms with van der Waals surface area (Å²) in [7, 11) is 6.89. The Morgan fingerprint density at radius 1 is 0.684 bits per heavy atom. The van der Waals surface area contributed by atoms with Crippen molar-refractivity contribution in [2.24, 2.45) is 0 Å². The number of amides is 3. The number of rotatable bonds is 17. The summed E-state index contributed by atoms with van der Waals surface area (Å²) in [5.74, 6) is 4.62. The van der Waals surface area contributed by atoms with E-state index in [2.05, 4.69) is 27.8 Å². The summed E-state index contributed by atoms with van der Waals surface area (Å²) in [4.78, 5) is 50.0. The van der Waals surface area contributed by atoms with Crippen LogP contribution >= 0.6 is 0 Å². The highest BCUT2D eigenvalue weighted by Crippen LogP contribution is 2.29. The second-order valence-corrected chi connectivity index (χ2v) is 11.9. The summed E-state index contributed by atoms with van der Waals surface area (Å²) < 4.78 is 21.3. The zero-order valence-corrected chi connectivity index (χ0v) is 32.0. The smallest absolute Gasteiger partial charge is 0.337 e. The second kappa shape index (κ2) is 23.3. The van der Waals surface area contributed by atoms with E-state index in [1.807, 2.05) is 19.0 Å². The van der Waals surface area contributed by atoms with Crippen LogP contribution in [0.25, 0.3) is 12.2 Å². The molecule has 0 unspecified atom stereocenters. The Hall–Kier alpha value is -7.48. The van der Waals surface area contributed by atoms with Crippen molar-refractivity contribution in [2.45, 2.75) is 0 Å². The molecule has 4 aromatic carbocycles. The van der Waals surface area contributed by atoms with Crippen LogP contribution in [0, 0.1) is 24.7 Å². The van der Waals surface area contributed by atoms with Gasteiger partial charge in [-0.05, 0) is 85.9 Å². The molecule has 4 rings (SSSR count). The molecule has 0 aliphatic rings. The monoisotopic (exact) mass is 772 g/mol. The van der Waals surface area contributed by atoms with E-state index in [9.17, 15) is 19.2 Å². The molecule has 0 fully saturated rings. The van der Waals surface area contributed by atoms with Crippen LogP contribution in [0.1, 0.15) is 31.8 Å². The predicted molar refractivity (Wildman–Crippen MR) is 221 cm³/mol. The summed E-state index contributed by atoms with van der Waals surface area (Å²) in [5.41, 5.74) is 2.54. The van der Waals surface area contributed by atoms with E-state index in [4.69, 9.17) is 36.9 Å². The van der Waals surface area contributed by atoms with Crippen LogP contribution in [0.5, 0.6) is 23.0 Å². The van der Waals surface area contributed by atoms with E-state index in [1.165, 1.54) is 38.5 Å². The van der Waals surface area contributed by atoms with Gasteiger partial charge in [-0.2, -0.15) is 0 Å². The second-order valence-electron chi connectivity index (χ2n) is 11.9. The predicted octanol–water partition coefficient (Wildman–Crippen LogP) is 5.71. The molecule has 0 heterocycles. The van der Waals surface area contributed by atoms with E-state index >= 15 is 0 Å². The van der Waals surface area contributed by atoms with Gasteiger partial charge in [-0.15, -0.1) is 12.8 Å². The first-order valence-electron chi connectivity index (χ1n) is 17.3. The van der Waals surface area contributed by atoms with Gasteiger partial charge in [0.15, 0.2) is 23.0 Å². The summed E-state index contributed by atoms with van der Waals surface area (Å²) in [6, 6.07) is 23.4. The number of likely N-dealkylation sites (N-methyl/N-ethyl adjacent to an activating group) is 1. The maximum Gasteiger partial charge on any atom is 0.337 e. The normalized spacial score (nSPS) is 10.4. The highest BCUT2D eigenvalue weighted by atomic mass is 16.5. The molecule has 0 aromatic heterocycles. The number of anilines is 2. The van der Waals surface area contributed by atoms with Gasteiger partial charge in [0.1, 0.15) is 13.2 Å². The van der Waals surface area contributed by atoms with Crippen molar-refractivity contribution in [2.75, 3.05) is 65.3 Å². The number of nitrogens with one attached hydrogen (secondary N) is 3. The summed E-state index contributed by atoms with van der Waals surface area (Å²) in [5, 5.41) is 17.3. The average molecular weight is 773 g/mol. The Balaban J connectivity index is 0.000000310. The van der Waals surface area contributed by atoms with Gasteiger partial charge in [-0.1, -0.05) is 48.2 Å². The molecule has 3 amide bonds. The summed E-state index contributed by atoms with van der Waals surface area (Å²) >= 11 is 0. The fourth-order valence-electron chi connectivity index (χ4n) is 4.80. The number of carbonyl (C=O) groups excluding carboxylic acids is 3. The molecule has 0 bridgehead atoms. The van der Waals surface area contributed by atoms with E-state index in [0.717, 1.165) is 12.1 Å². The number of carbonyl (C=O) groups is 4. The Morgan fingerprint density at radius 3 is 1.58 bits per heavy atom. The first-order chi connectivity index (χ1) is 27.5. The number of carboxylic acids is 1. The van der Waals surface area contributed by atoms with Crippen LogP contribution in [0.15, 0.2) is 97.1 Å². The van der Waals surface area contributed by atoms with Crippen LogP contribution < -0.4 is 34.9 Å². The van der Waals surface area contributed by atoms with Crippen molar-refractivity contribution in [1.29, 1.82) is 0 Å². The van der Waals surface area contributed by atoms with E-state index in [0.29, 0.717) is 46.4 Å². The minimum absolute atomic E-state index is 0.0194. The molecule has 294 valence electrons. The SMILES string of the molecule is C#CCOc1ccc(/C=C/C(=O)Nc2ccccc2C(=O)NCCN(C)C)cc1OC.C#CCOc1ccc(/C=C/C(=O)Nc2ccccc2C(=O)O)cc1OC. The molecule has 13 heteroatoms. The third-order valence-electron chi connectivity index (χ3n) is 7.54. The van der Waals surface area contributed by atoms with Crippen LogP contribution in [0.2, 0.25) is 0 Å². The third kappa shape index (κ3) is 14.7. The number of carboxylic acid groups (broad SMARTS) is 1. The highest BCUT2D eigenvalue weighted by Gasteiger charge is 2.13. The number of ether oxygens (including phenoxy) is 4. The molecule has 13 nitrogen and oxygen atoms in total. The highest BCUT2D eigenvalue weighted by molar-refractivity contribution is 6.08. The quantitative estimate of drug-likeness (QED) is 0.0773. The zero-order valence-electron chi connectivity index (χ0n) is 32.0. The Kier molecular flexibility index (Phi) is 18.0. The van der Waals surface area contributed by atoms with Crippen LogP contribution in [-0.2, 0) is 9.59 Å². The topological polar surface area (TPSA) is 165 Å². The Bertz CT molecular complexity index is 2160. The molecule has 0 saturated carbocycles. The molecule has 4 aromatic rings. The number of hydrogen-bond acceptors (Lipinski definition) is 9. The minimum Gasteiger partial charge on any atom is -0.493 e. The minimum atomic E-state index is -1.11. The number of terminal acetylenes is 2. The van der Waals surface area contributed by atoms with Crippen LogP contribution in [0.4, 0.5) is 11.4 Å². The lowest BCUT2D eigenvalue weighted by atomic mass is 10.1. The van der Waals surface area contributed by atoms with Gasteiger partial charge >= 0.3 is 5.97 Å². The largest absolute Gasteiger partial charge is 0.493 e. The lowest BCUT2D eigenvalue weighted by Gasteiger charge is -2.12. The van der Waals surface area contributed by atoms with Gasteiger partial charge in [0.05, 0.1) is 36.7 Å². The molecule has 57 heavy (non-hydrogen) atoms. The standard InChI is InChI=1S/C24H27N3O4.C20H17NO5/c1-5-16-31-21-12-10-18(17-22(21)30-4)11-13-23(28)26-20-9-7-6-8-19(20)24(29)25-14-15-27(2)3;1-3-12-26-17-10-8-14(13-18(17)25-2)9-11-19(22)21-16-7-5-4-6-15(16)20(23)24/h1,6-13,17H,14-16H2,2-4H3,(H,25,29)(H,26,28);1,4-11,13H,12H2,2H3,(H,21,22)(H,23,24)/b13-11+;11-9+. The molecular formula is C44H44N4O9. The first-order valence-corrected chi connectivity index (χ1v) is 17.3. The van der Waals surface area contributed by atoms with E-state index < -0.39 is 11.9 Å². The summed E-state index contributed by atoms with van der Waals surface area (Å²) in [6.45, 7) is 1.49. The Morgan fingerprint density at radius 2 is 1.14 bits per heavy atom. The number of benzene rings is 4. The van der Waals surface area contributed by atoms with Crippen LogP contribution in [-0.4, -0.2) is 88.3 Å². The van der Waals surface area contributed by atoms with Crippen molar-refractivity contribution in [3.8, 4) is 47.7 Å². The van der Waals surface area contributed by atoms with Crippen molar-refractivity contribution in [3.63, 3.8) is 0 Å². The van der Waals surface area contributed by atoms with Gasteiger partial charge in [0.2, 0.25) is 11.8 Å². The lowest BCUT2D eigenvalue weighted by Crippen LogP contribution is -2.31. The summed E-state index contributed by atoms with van der Waals surface area (Å²) in [6.07, 6.45) is 16.3. The molecule has 0 spiro atoms.